The maximum absolute atomic E-state index is 13.3. The number of ether oxygens (including phenoxy) is 1. The van der Waals surface area contributed by atoms with Crippen molar-refractivity contribution in [1.29, 1.82) is 0 Å². The van der Waals surface area contributed by atoms with Gasteiger partial charge in [0, 0.05) is 6.42 Å². The lowest BCUT2D eigenvalue weighted by Crippen LogP contribution is -2.70. The van der Waals surface area contributed by atoms with Gasteiger partial charge in [-0.25, -0.2) is 14.0 Å². The van der Waals surface area contributed by atoms with Gasteiger partial charge in [-0.2, -0.15) is 4.79 Å². The highest BCUT2D eigenvalue weighted by Crippen LogP contribution is 2.43. The van der Waals surface area contributed by atoms with Crippen molar-refractivity contribution in [2.24, 2.45) is 5.92 Å². The fourth-order valence-corrected chi connectivity index (χ4v) is 3.83. The van der Waals surface area contributed by atoms with Gasteiger partial charge in [-0.05, 0) is 51.8 Å². The van der Waals surface area contributed by atoms with Crippen LogP contribution in [0.3, 0.4) is 0 Å². The van der Waals surface area contributed by atoms with Crippen LogP contribution in [-0.2, 0) is 20.7 Å². The Labute approximate surface area is 152 Å². The lowest BCUT2D eigenvalue weighted by molar-refractivity contribution is -0.840. The molecule has 142 valence electrons. The SMILES string of the molecule is CCOC(=O)[N+]1(C(C)(C)C)C(=O)[C@H](Cc2ccc(F)cc2)C[C@H]1C(=O)O. The van der Waals surface area contributed by atoms with Crippen LogP contribution in [0.5, 0.6) is 0 Å². The first kappa shape index (κ1) is 20.0. The number of imide groups is 1. The number of halogens is 1. The number of hydrogen-bond acceptors (Lipinski definition) is 4. The van der Waals surface area contributed by atoms with Gasteiger partial charge in [-0.15, -0.1) is 4.48 Å². The largest absolute Gasteiger partial charge is 0.524 e. The summed E-state index contributed by atoms with van der Waals surface area (Å²) in [5.41, 5.74) is -0.268. The maximum Gasteiger partial charge on any atom is 0.524 e. The number of rotatable bonds is 4. The molecule has 1 fully saturated rings. The zero-order valence-electron chi connectivity index (χ0n) is 15.5. The zero-order chi connectivity index (χ0) is 19.7. The lowest BCUT2D eigenvalue weighted by Gasteiger charge is -2.41. The average Bonchev–Trinajstić information content (AvgIpc) is 2.83. The Balaban J connectivity index is 2.48. The number of amides is 2. The van der Waals surface area contributed by atoms with Crippen LogP contribution in [0.15, 0.2) is 24.3 Å². The molecule has 0 spiro atoms. The van der Waals surface area contributed by atoms with E-state index in [0.29, 0.717) is 5.56 Å². The molecule has 2 amide bonds. The number of likely N-dealkylation sites (tertiary alicyclic amines) is 1. The molecular weight excluding hydrogens is 341 g/mol. The average molecular weight is 366 g/mol. The number of carboxylic acid groups (broad SMARTS) is 1. The molecule has 1 aliphatic heterocycles. The van der Waals surface area contributed by atoms with Crippen LogP contribution in [0.1, 0.15) is 39.7 Å². The molecule has 1 N–H and O–H groups in total. The Morgan fingerprint density at radius 3 is 2.31 bits per heavy atom. The summed E-state index contributed by atoms with van der Waals surface area (Å²) in [6, 6.07) is 4.49. The quantitative estimate of drug-likeness (QED) is 0.828. The van der Waals surface area contributed by atoms with Crippen LogP contribution in [0.25, 0.3) is 0 Å². The second kappa shape index (κ2) is 7.15. The smallest absolute Gasteiger partial charge is 0.477 e. The van der Waals surface area contributed by atoms with Crippen LogP contribution < -0.4 is 0 Å². The maximum atomic E-state index is 13.3. The predicted molar refractivity (Wildman–Crippen MR) is 91.7 cm³/mol. The molecule has 1 aliphatic rings. The van der Waals surface area contributed by atoms with Crippen molar-refractivity contribution >= 4 is 18.0 Å². The molecule has 3 atom stereocenters. The molecule has 26 heavy (non-hydrogen) atoms. The molecule has 1 aromatic carbocycles. The number of quaternary nitrogens is 1. The summed E-state index contributed by atoms with van der Waals surface area (Å²) in [4.78, 5) is 38.0. The summed E-state index contributed by atoms with van der Waals surface area (Å²) >= 11 is 0. The molecular formula is C19H25FNO5+. The minimum atomic E-state index is -1.22. The Morgan fingerprint density at radius 2 is 1.85 bits per heavy atom. The fourth-order valence-electron chi connectivity index (χ4n) is 3.83. The monoisotopic (exact) mass is 366 g/mol. The molecule has 1 unspecified atom stereocenters. The third-order valence-electron chi connectivity index (χ3n) is 4.97. The van der Waals surface area contributed by atoms with Gasteiger partial charge in [-0.1, -0.05) is 12.1 Å². The Morgan fingerprint density at radius 1 is 1.27 bits per heavy atom. The molecule has 0 radical (unpaired) electrons. The number of carbonyl (C=O) groups excluding carboxylic acids is 2. The molecule has 0 aromatic heterocycles. The molecule has 1 heterocycles. The standard InChI is InChI=1S/C19H24FNO5/c1-5-26-18(25)21(19(2,3)4)15(17(23)24)11-13(16(21)22)10-12-6-8-14(20)9-7-12/h6-9,13,15H,5,10-11H2,1-4H3/p+1/t13-,15+,21?/m1/s1. The first-order chi connectivity index (χ1) is 12.1. The van der Waals surface area contributed by atoms with Gasteiger partial charge in [-0.3, -0.25) is 0 Å². The van der Waals surface area contributed by atoms with Crippen LogP contribution in [0, 0.1) is 11.7 Å². The number of nitrogens with zero attached hydrogens (tertiary/aromatic N) is 1. The minimum Gasteiger partial charge on any atom is -0.477 e. The van der Waals surface area contributed by atoms with Gasteiger partial charge >= 0.3 is 18.0 Å². The van der Waals surface area contributed by atoms with Gasteiger partial charge in [0.25, 0.3) is 0 Å². The summed E-state index contributed by atoms with van der Waals surface area (Å²) in [5.74, 6) is -2.72. The first-order valence-corrected chi connectivity index (χ1v) is 8.63. The normalized spacial score (nSPS) is 26.0. The van der Waals surface area contributed by atoms with E-state index < -0.39 is 40.0 Å². The van der Waals surface area contributed by atoms with Crippen LogP contribution >= 0.6 is 0 Å². The summed E-state index contributed by atoms with van der Waals surface area (Å²) in [6.07, 6.45) is -0.556. The number of benzene rings is 1. The molecule has 0 bridgehead atoms. The highest BCUT2D eigenvalue weighted by atomic mass is 19.1. The first-order valence-electron chi connectivity index (χ1n) is 8.63. The summed E-state index contributed by atoms with van der Waals surface area (Å²) < 4.78 is 17.4. The van der Waals surface area contributed by atoms with E-state index in [0.717, 1.165) is 0 Å². The second-order valence-corrected chi connectivity index (χ2v) is 7.55. The molecule has 1 aromatic rings. The van der Waals surface area contributed by atoms with Gasteiger partial charge in [0.2, 0.25) is 6.04 Å². The van der Waals surface area contributed by atoms with E-state index in [1.165, 1.54) is 12.1 Å². The molecule has 1 saturated heterocycles. The highest BCUT2D eigenvalue weighted by Gasteiger charge is 2.69. The third-order valence-corrected chi connectivity index (χ3v) is 4.97. The highest BCUT2D eigenvalue weighted by molar-refractivity contribution is 5.91. The molecule has 0 saturated carbocycles. The topological polar surface area (TPSA) is 80.7 Å². The number of aliphatic carboxylic acids is 1. The summed E-state index contributed by atoms with van der Waals surface area (Å²) in [7, 11) is 0. The van der Waals surface area contributed by atoms with E-state index in [2.05, 4.69) is 0 Å². The predicted octanol–water partition coefficient (Wildman–Crippen LogP) is 3.14. The van der Waals surface area contributed by atoms with Gasteiger partial charge in [0.15, 0.2) is 0 Å². The van der Waals surface area contributed by atoms with Crippen LogP contribution in [0.2, 0.25) is 0 Å². The third kappa shape index (κ3) is 3.23. The number of carbonyl (C=O) groups is 3. The Kier molecular flexibility index (Phi) is 5.51. The number of carboxylic acids is 1. The van der Waals surface area contributed by atoms with E-state index in [1.54, 1.807) is 39.8 Å². The van der Waals surface area contributed by atoms with Crippen molar-refractivity contribution in [1.82, 2.24) is 0 Å². The molecule has 0 aliphatic carbocycles. The van der Waals surface area contributed by atoms with E-state index >= 15 is 0 Å². The van der Waals surface area contributed by atoms with Gasteiger partial charge < -0.3 is 9.84 Å². The number of hydrogen-bond donors (Lipinski definition) is 1. The Bertz CT molecular complexity index is 710. The van der Waals surface area contributed by atoms with Crippen molar-refractivity contribution in [3.63, 3.8) is 0 Å². The van der Waals surface area contributed by atoms with E-state index in [-0.39, 0.29) is 25.3 Å². The van der Waals surface area contributed by atoms with Crippen molar-refractivity contribution in [3.8, 4) is 0 Å². The molecule has 6 nitrogen and oxygen atoms in total. The van der Waals surface area contributed by atoms with E-state index in [4.69, 9.17) is 4.74 Å². The summed E-state index contributed by atoms with van der Waals surface area (Å²) in [5, 5.41) is 9.74. The zero-order valence-corrected chi connectivity index (χ0v) is 15.5. The van der Waals surface area contributed by atoms with E-state index in [9.17, 15) is 23.9 Å². The second-order valence-electron chi connectivity index (χ2n) is 7.55. The Hall–Kier alpha value is -2.28. The summed E-state index contributed by atoms with van der Waals surface area (Å²) in [6.45, 7) is 6.66. The van der Waals surface area contributed by atoms with Crippen molar-refractivity contribution in [3.05, 3.63) is 35.6 Å². The van der Waals surface area contributed by atoms with Crippen molar-refractivity contribution in [2.45, 2.75) is 52.1 Å². The van der Waals surface area contributed by atoms with Gasteiger partial charge in [0.1, 0.15) is 11.4 Å². The minimum absolute atomic E-state index is 0.0294. The van der Waals surface area contributed by atoms with Crippen molar-refractivity contribution < 1.29 is 33.1 Å². The molecule has 7 heteroatoms. The molecule has 2 rings (SSSR count). The van der Waals surface area contributed by atoms with E-state index in [1.807, 2.05) is 0 Å². The van der Waals surface area contributed by atoms with Crippen LogP contribution in [-0.4, -0.2) is 45.7 Å². The fraction of sp³-hybridized carbons (Fsp3) is 0.526. The lowest BCUT2D eigenvalue weighted by atomic mass is 9.96. The van der Waals surface area contributed by atoms with Crippen LogP contribution in [0.4, 0.5) is 9.18 Å². The van der Waals surface area contributed by atoms with Crippen molar-refractivity contribution in [2.75, 3.05) is 6.61 Å². The van der Waals surface area contributed by atoms with Gasteiger partial charge in [0.05, 0.1) is 12.5 Å².